The van der Waals surface area contributed by atoms with Crippen molar-refractivity contribution in [1.29, 1.82) is 0 Å². The molecule has 0 amide bonds. The van der Waals surface area contributed by atoms with E-state index >= 15 is 0 Å². The van der Waals surface area contributed by atoms with Crippen molar-refractivity contribution >= 4 is 28.2 Å². The normalized spacial score (nSPS) is 13.3. The minimum Gasteiger partial charge on any atom is -0.480 e. The van der Waals surface area contributed by atoms with Gasteiger partial charge in [-0.2, -0.15) is 0 Å². The minimum atomic E-state index is -1.23. The van der Waals surface area contributed by atoms with Gasteiger partial charge in [-0.3, -0.25) is 4.79 Å². The lowest BCUT2D eigenvalue weighted by atomic mass is 9.89. The quantitative estimate of drug-likeness (QED) is 0.583. The van der Waals surface area contributed by atoms with Crippen molar-refractivity contribution in [1.82, 2.24) is 4.98 Å². The van der Waals surface area contributed by atoms with Crippen molar-refractivity contribution < 1.29 is 9.90 Å². The summed E-state index contributed by atoms with van der Waals surface area (Å²) in [5.74, 6) is -0.149. The van der Waals surface area contributed by atoms with Crippen LogP contribution in [0.1, 0.15) is 31.5 Å². The summed E-state index contributed by atoms with van der Waals surface area (Å²) in [6.07, 6.45) is 1.54. The molecule has 1 atom stereocenters. The molecule has 0 aliphatic rings. The number of nitrogens with one attached hydrogen (secondary N) is 1. The lowest BCUT2D eigenvalue weighted by molar-refractivity contribution is -0.143. The standard InChI is InChI=1S/C22H25N3O2/c1-3-17-13-16-7-5-6-8-19(16)20(24-17)25-18-11-9-15(10-12-18)14-22(23,4-2)21(26)27/h5-13H,3-4,14,23H2,1-2H3,(H,24,25)(H,26,27). The zero-order chi connectivity index (χ0) is 19.4. The molecular formula is C22H25N3O2. The number of carboxylic acid groups (broad SMARTS) is 1. The summed E-state index contributed by atoms with van der Waals surface area (Å²) in [6, 6.07) is 18.0. The Morgan fingerprint density at radius 1 is 1.15 bits per heavy atom. The van der Waals surface area contributed by atoms with Crippen molar-refractivity contribution in [3.63, 3.8) is 0 Å². The van der Waals surface area contributed by atoms with Crippen LogP contribution >= 0.6 is 0 Å². The molecule has 0 fully saturated rings. The molecule has 0 aliphatic carbocycles. The Morgan fingerprint density at radius 3 is 2.48 bits per heavy atom. The molecule has 1 heterocycles. The maximum absolute atomic E-state index is 11.4. The average molecular weight is 363 g/mol. The molecule has 3 rings (SSSR count). The first-order chi connectivity index (χ1) is 12.9. The van der Waals surface area contributed by atoms with E-state index in [1.807, 2.05) is 36.4 Å². The van der Waals surface area contributed by atoms with Crippen LogP contribution in [0.4, 0.5) is 11.5 Å². The fourth-order valence-electron chi connectivity index (χ4n) is 3.09. The number of carboxylic acids is 1. The van der Waals surface area contributed by atoms with Crippen molar-refractivity contribution in [3.8, 4) is 0 Å². The lowest BCUT2D eigenvalue weighted by Crippen LogP contribution is -2.49. The highest BCUT2D eigenvalue weighted by atomic mass is 16.4. The molecule has 0 bridgehead atoms. The number of nitrogens with two attached hydrogens (primary N) is 1. The molecule has 1 aromatic heterocycles. The predicted octanol–water partition coefficient (Wildman–Crippen LogP) is 4.28. The molecule has 0 radical (unpaired) electrons. The third kappa shape index (κ3) is 4.09. The smallest absolute Gasteiger partial charge is 0.324 e. The Bertz CT molecular complexity index is 953. The summed E-state index contributed by atoms with van der Waals surface area (Å²) in [5, 5.41) is 15.0. The largest absolute Gasteiger partial charge is 0.480 e. The number of hydrogen-bond donors (Lipinski definition) is 3. The van der Waals surface area contributed by atoms with Crippen molar-refractivity contribution in [2.24, 2.45) is 5.73 Å². The van der Waals surface area contributed by atoms with Crippen molar-refractivity contribution in [2.45, 2.75) is 38.6 Å². The number of aromatic nitrogens is 1. The van der Waals surface area contributed by atoms with Gasteiger partial charge in [0.1, 0.15) is 11.4 Å². The Kier molecular flexibility index (Phi) is 5.42. The Labute approximate surface area is 159 Å². The van der Waals surface area contributed by atoms with E-state index in [4.69, 9.17) is 10.7 Å². The van der Waals surface area contributed by atoms with Crippen LogP contribution in [0.3, 0.4) is 0 Å². The number of rotatable bonds is 7. The molecule has 0 saturated carbocycles. The second kappa shape index (κ2) is 7.76. The minimum absolute atomic E-state index is 0.297. The van der Waals surface area contributed by atoms with Gasteiger partial charge in [-0.15, -0.1) is 0 Å². The van der Waals surface area contributed by atoms with E-state index in [0.717, 1.165) is 40.0 Å². The molecule has 0 spiro atoms. The van der Waals surface area contributed by atoms with Crippen LogP contribution in [0.5, 0.6) is 0 Å². The van der Waals surface area contributed by atoms with Gasteiger partial charge in [0.25, 0.3) is 0 Å². The van der Waals surface area contributed by atoms with E-state index in [-0.39, 0.29) is 0 Å². The number of pyridine rings is 1. The first-order valence-electron chi connectivity index (χ1n) is 9.22. The van der Waals surface area contributed by atoms with E-state index in [0.29, 0.717) is 12.8 Å². The molecular weight excluding hydrogens is 338 g/mol. The summed E-state index contributed by atoms with van der Waals surface area (Å²) < 4.78 is 0. The first-order valence-corrected chi connectivity index (χ1v) is 9.22. The predicted molar refractivity (Wildman–Crippen MR) is 109 cm³/mol. The Morgan fingerprint density at radius 2 is 1.85 bits per heavy atom. The zero-order valence-corrected chi connectivity index (χ0v) is 15.7. The van der Waals surface area contributed by atoms with E-state index < -0.39 is 11.5 Å². The van der Waals surface area contributed by atoms with Gasteiger partial charge in [0.15, 0.2) is 0 Å². The number of benzene rings is 2. The molecule has 5 heteroatoms. The van der Waals surface area contributed by atoms with Crippen molar-refractivity contribution in [2.75, 3.05) is 5.32 Å². The van der Waals surface area contributed by atoms with Gasteiger partial charge in [-0.25, -0.2) is 4.98 Å². The van der Waals surface area contributed by atoms with E-state index in [1.54, 1.807) is 6.92 Å². The van der Waals surface area contributed by atoms with E-state index in [9.17, 15) is 9.90 Å². The second-order valence-corrected chi connectivity index (χ2v) is 6.85. The maximum atomic E-state index is 11.4. The summed E-state index contributed by atoms with van der Waals surface area (Å²) in [6.45, 7) is 3.88. The fraction of sp³-hybridized carbons (Fsp3) is 0.273. The Balaban J connectivity index is 1.85. The van der Waals surface area contributed by atoms with Crippen LogP contribution in [0, 0.1) is 0 Å². The van der Waals surface area contributed by atoms with Gasteiger partial charge in [-0.05, 0) is 42.0 Å². The van der Waals surface area contributed by atoms with Gasteiger partial charge in [0, 0.05) is 23.2 Å². The summed E-state index contributed by atoms with van der Waals surface area (Å²) >= 11 is 0. The zero-order valence-electron chi connectivity index (χ0n) is 15.7. The maximum Gasteiger partial charge on any atom is 0.324 e. The monoisotopic (exact) mass is 363 g/mol. The molecule has 3 aromatic rings. The number of aliphatic carboxylic acids is 1. The molecule has 0 aliphatic heterocycles. The first kappa shape index (κ1) is 18.9. The van der Waals surface area contributed by atoms with E-state index in [2.05, 4.69) is 30.4 Å². The highest BCUT2D eigenvalue weighted by Gasteiger charge is 2.31. The number of nitrogens with zero attached hydrogens (tertiary/aromatic N) is 1. The third-order valence-corrected chi connectivity index (χ3v) is 4.95. The van der Waals surface area contributed by atoms with Crippen LogP contribution in [0.2, 0.25) is 0 Å². The van der Waals surface area contributed by atoms with Gasteiger partial charge in [0.2, 0.25) is 0 Å². The summed E-state index contributed by atoms with van der Waals surface area (Å²) in [4.78, 5) is 16.1. The average Bonchev–Trinajstić information content (AvgIpc) is 2.69. The van der Waals surface area contributed by atoms with E-state index in [1.165, 1.54) is 0 Å². The number of anilines is 2. The molecule has 2 aromatic carbocycles. The third-order valence-electron chi connectivity index (χ3n) is 4.95. The number of carbonyl (C=O) groups is 1. The molecule has 1 unspecified atom stereocenters. The Hall–Kier alpha value is -2.92. The van der Waals surface area contributed by atoms with Crippen LogP contribution in [0.25, 0.3) is 10.8 Å². The highest BCUT2D eigenvalue weighted by Crippen LogP contribution is 2.26. The molecule has 0 saturated heterocycles. The van der Waals surface area contributed by atoms with Crippen LogP contribution in [0.15, 0.2) is 54.6 Å². The van der Waals surface area contributed by atoms with Gasteiger partial charge < -0.3 is 16.2 Å². The fourth-order valence-corrected chi connectivity index (χ4v) is 3.09. The molecule has 140 valence electrons. The number of hydrogen-bond acceptors (Lipinski definition) is 4. The molecule has 5 nitrogen and oxygen atoms in total. The SMILES string of the molecule is CCc1cc2ccccc2c(Nc2ccc(CC(N)(CC)C(=O)O)cc2)n1. The lowest BCUT2D eigenvalue weighted by Gasteiger charge is -2.23. The van der Waals surface area contributed by atoms with Crippen molar-refractivity contribution in [3.05, 3.63) is 65.9 Å². The second-order valence-electron chi connectivity index (χ2n) is 6.85. The summed E-state index contributed by atoms with van der Waals surface area (Å²) in [7, 11) is 0. The van der Waals surface area contributed by atoms with Crippen LogP contribution in [-0.4, -0.2) is 21.6 Å². The van der Waals surface area contributed by atoms with Gasteiger partial charge in [0.05, 0.1) is 0 Å². The number of aryl methyl sites for hydroxylation is 1. The van der Waals surface area contributed by atoms with Gasteiger partial charge >= 0.3 is 5.97 Å². The van der Waals surface area contributed by atoms with Gasteiger partial charge in [-0.1, -0.05) is 50.2 Å². The molecule has 27 heavy (non-hydrogen) atoms. The number of fused-ring (bicyclic) bond motifs is 1. The molecule has 4 N–H and O–H groups in total. The summed E-state index contributed by atoms with van der Waals surface area (Å²) in [5.41, 5.74) is 7.60. The highest BCUT2D eigenvalue weighted by molar-refractivity contribution is 5.93. The topological polar surface area (TPSA) is 88.2 Å². The van der Waals surface area contributed by atoms with Crippen LogP contribution in [-0.2, 0) is 17.6 Å². The van der Waals surface area contributed by atoms with Crippen LogP contribution < -0.4 is 11.1 Å².